The van der Waals surface area contributed by atoms with Gasteiger partial charge in [-0.3, -0.25) is 19.3 Å². The van der Waals surface area contributed by atoms with Crippen molar-refractivity contribution in [1.29, 1.82) is 0 Å². The number of unbranched alkanes of at least 4 members (excludes halogenated alkanes) is 1. The number of ether oxygens (including phenoxy) is 1. The molecule has 2 amide bonds. The van der Waals surface area contributed by atoms with Crippen LogP contribution in [0.2, 0.25) is 0 Å². The van der Waals surface area contributed by atoms with E-state index in [4.69, 9.17) is 4.74 Å². The van der Waals surface area contributed by atoms with E-state index in [1.807, 2.05) is 6.92 Å². The summed E-state index contributed by atoms with van der Waals surface area (Å²) in [6.45, 7) is 7.67. The third kappa shape index (κ3) is 4.33. The molecule has 5 nitrogen and oxygen atoms in total. The molecule has 1 atom stereocenters. The van der Waals surface area contributed by atoms with Crippen LogP contribution in [0, 0.1) is 5.92 Å². The molecule has 1 rings (SSSR count). The Bertz CT molecular complexity index is 370. The lowest BCUT2D eigenvalue weighted by Gasteiger charge is -2.31. The maximum absolute atomic E-state index is 12.2. The van der Waals surface area contributed by atoms with Crippen molar-refractivity contribution >= 4 is 17.8 Å². The Balaban J connectivity index is 2.73. The highest BCUT2D eigenvalue weighted by atomic mass is 16.6. The Morgan fingerprint density at radius 1 is 1.37 bits per heavy atom. The van der Waals surface area contributed by atoms with Crippen molar-refractivity contribution in [1.82, 2.24) is 4.90 Å². The summed E-state index contributed by atoms with van der Waals surface area (Å²) in [6.07, 6.45) is 2.15. The molecule has 0 spiro atoms. The highest BCUT2D eigenvalue weighted by Gasteiger charge is 2.40. The van der Waals surface area contributed by atoms with E-state index in [2.05, 4.69) is 0 Å². The van der Waals surface area contributed by atoms with Gasteiger partial charge in [-0.25, -0.2) is 0 Å². The molecule has 1 unspecified atom stereocenters. The van der Waals surface area contributed by atoms with Crippen LogP contribution in [0.25, 0.3) is 0 Å². The standard InChI is InChI=1S/C14H23NO4/c1-5-6-9-15-11(16)8-7-10(12(15)17)13(18)19-14(2,3)4/h10H,5-9H2,1-4H3. The number of likely N-dealkylation sites (tertiary alicyclic amines) is 1. The zero-order valence-electron chi connectivity index (χ0n) is 12.2. The molecule has 1 aliphatic heterocycles. The molecule has 0 saturated carbocycles. The van der Waals surface area contributed by atoms with Gasteiger partial charge in [0.15, 0.2) is 0 Å². The number of carbonyl (C=O) groups is 3. The topological polar surface area (TPSA) is 63.7 Å². The summed E-state index contributed by atoms with van der Waals surface area (Å²) in [5.41, 5.74) is -0.618. The van der Waals surface area contributed by atoms with E-state index < -0.39 is 23.4 Å². The maximum Gasteiger partial charge on any atom is 0.319 e. The Morgan fingerprint density at radius 3 is 2.53 bits per heavy atom. The molecular weight excluding hydrogens is 246 g/mol. The molecule has 0 radical (unpaired) electrons. The molecular formula is C14H23NO4. The molecule has 0 N–H and O–H groups in total. The van der Waals surface area contributed by atoms with E-state index >= 15 is 0 Å². The van der Waals surface area contributed by atoms with E-state index in [0.717, 1.165) is 12.8 Å². The van der Waals surface area contributed by atoms with Gasteiger partial charge < -0.3 is 4.74 Å². The molecule has 1 aliphatic rings. The molecule has 0 aliphatic carbocycles. The zero-order chi connectivity index (χ0) is 14.6. The minimum absolute atomic E-state index is 0.182. The van der Waals surface area contributed by atoms with Gasteiger partial charge in [0.1, 0.15) is 11.5 Å². The SMILES string of the molecule is CCCCN1C(=O)CCC(C(=O)OC(C)(C)C)C1=O. The van der Waals surface area contributed by atoms with Gasteiger partial charge in [0.05, 0.1) is 0 Å². The van der Waals surface area contributed by atoms with E-state index in [0.29, 0.717) is 6.54 Å². The maximum atomic E-state index is 12.2. The summed E-state index contributed by atoms with van der Waals surface area (Å²) < 4.78 is 5.24. The van der Waals surface area contributed by atoms with E-state index in [-0.39, 0.29) is 18.7 Å². The third-order valence-corrected chi connectivity index (χ3v) is 2.94. The lowest BCUT2D eigenvalue weighted by Crippen LogP contribution is -2.49. The van der Waals surface area contributed by atoms with E-state index in [1.165, 1.54) is 4.90 Å². The number of amides is 2. The number of hydrogen-bond acceptors (Lipinski definition) is 4. The van der Waals surface area contributed by atoms with Crippen molar-refractivity contribution < 1.29 is 19.1 Å². The fourth-order valence-electron chi connectivity index (χ4n) is 1.98. The number of hydrogen-bond donors (Lipinski definition) is 0. The highest BCUT2D eigenvalue weighted by Crippen LogP contribution is 2.23. The lowest BCUT2D eigenvalue weighted by atomic mass is 9.96. The van der Waals surface area contributed by atoms with Crippen molar-refractivity contribution in [2.24, 2.45) is 5.92 Å². The van der Waals surface area contributed by atoms with E-state index in [9.17, 15) is 14.4 Å². The van der Waals surface area contributed by atoms with Crippen molar-refractivity contribution in [3.05, 3.63) is 0 Å². The second-order valence-corrected chi connectivity index (χ2v) is 5.86. The van der Waals surface area contributed by atoms with Crippen LogP contribution < -0.4 is 0 Å². The van der Waals surface area contributed by atoms with Crippen LogP contribution in [0.1, 0.15) is 53.4 Å². The molecule has 5 heteroatoms. The number of nitrogens with zero attached hydrogens (tertiary/aromatic N) is 1. The highest BCUT2D eigenvalue weighted by molar-refractivity contribution is 6.07. The fraction of sp³-hybridized carbons (Fsp3) is 0.786. The average molecular weight is 269 g/mol. The Labute approximate surface area is 114 Å². The number of carbonyl (C=O) groups excluding carboxylic acids is 3. The largest absolute Gasteiger partial charge is 0.459 e. The molecule has 19 heavy (non-hydrogen) atoms. The molecule has 0 aromatic carbocycles. The van der Waals surface area contributed by atoms with Crippen LogP contribution in [-0.4, -0.2) is 34.8 Å². The second kappa shape index (κ2) is 6.17. The number of imide groups is 1. The van der Waals surface area contributed by atoms with Crippen molar-refractivity contribution in [2.75, 3.05) is 6.54 Å². The van der Waals surface area contributed by atoms with Crippen LogP contribution >= 0.6 is 0 Å². The molecule has 1 heterocycles. The van der Waals surface area contributed by atoms with Gasteiger partial charge in [-0.2, -0.15) is 0 Å². The predicted octanol–water partition coefficient (Wildman–Crippen LogP) is 1.89. The number of esters is 1. The monoisotopic (exact) mass is 269 g/mol. The second-order valence-electron chi connectivity index (χ2n) is 5.86. The Morgan fingerprint density at radius 2 is 2.00 bits per heavy atom. The Kier molecular flexibility index (Phi) is 5.09. The van der Waals surface area contributed by atoms with Gasteiger partial charge in [-0.15, -0.1) is 0 Å². The average Bonchev–Trinajstić information content (AvgIpc) is 2.26. The van der Waals surface area contributed by atoms with Crippen LogP contribution in [0.4, 0.5) is 0 Å². The van der Waals surface area contributed by atoms with Crippen molar-refractivity contribution in [3.63, 3.8) is 0 Å². The Hall–Kier alpha value is -1.39. The smallest absolute Gasteiger partial charge is 0.319 e. The van der Waals surface area contributed by atoms with Crippen LogP contribution in [0.15, 0.2) is 0 Å². The van der Waals surface area contributed by atoms with Crippen LogP contribution in [-0.2, 0) is 19.1 Å². The quantitative estimate of drug-likeness (QED) is 0.444. The molecule has 0 bridgehead atoms. The molecule has 1 saturated heterocycles. The summed E-state index contributed by atoms with van der Waals surface area (Å²) >= 11 is 0. The van der Waals surface area contributed by atoms with Crippen molar-refractivity contribution in [2.45, 2.75) is 59.0 Å². The predicted molar refractivity (Wildman–Crippen MR) is 70.2 cm³/mol. The first-order valence-electron chi connectivity index (χ1n) is 6.83. The number of rotatable bonds is 4. The van der Waals surface area contributed by atoms with Crippen LogP contribution in [0.5, 0.6) is 0 Å². The molecule has 108 valence electrons. The normalized spacial score (nSPS) is 20.6. The first-order valence-corrected chi connectivity index (χ1v) is 6.83. The lowest BCUT2D eigenvalue weighted by molar-refractivity contribution is -0.168. The zero-order valence-corrected chi connectivity index (χ0v) is 12.2. The molecule has 0 aromatic heterocycles. The van der Waals surface area contributed by atoms with Gasteiger partial charge in [0.25, 0.3) is 0 Å². The van der Waals surface area contributed by atoms with Gasteiger partial charge in [-0.05, 0) is 33.6 Å². The van der Waals surface area contributed by atoms with Gasteiger partial charge >= 0.3 is 5.97 Å². The summed E-state index contributed by atoms with van der Waals surface area (Å²) in [5.74, 6) is -1.93. The minimum Gasteiger partial charge on any atom is -0.459 e. The molecule has 0 aromatic rings. The van der Waals surface area contributed by atoms with Gasteiger partial charge in [0, 0.05) is 13.0 Å². The van der Waals surface area contributed by atoms with Crippen molar-refractivity contribution in [3.8, 4) is 0 Å². The van der Waals surface area contributed by atoms with Gasteiger partial charge in [0.2, 0.25) is 11.8 Å². The molecule has 1 fully saturated rings. The summed E-state index contributed by atoms with van der Waals surface area (Å²) in [6, 6.07) is 0. The minimum atomic E-state index is -0.825. The summed E-state index contributed by atoms with van der Waals surface area (Å²) in [7, 11) is 0. The fourth-order valence-corrected chi connectivity index (χ4v) is 1.98. The van der Waals surface area contributed by atoms with E-state index in [1.54, 1.807) is 20.8 Å². The number of piperidine rings is 1. The van der Waals surface area contributed by atoms with Crippen LogP contribution in [0.3, 0.4) is 0 Å². The first kappa shape index (κ1) is 15.7. The third-order valence-electron chi connectivity index (χ3n) is 2.94. The summed E-state index contributed by atoms with van der Waals surface area (Å²) in [4.78, 5) is 37.1. The van der Waals surface area contributed by atoms with Gasteiger partial charge in [-0.1, -0.05) is 13.3 Å². The first-order chi connectivity index (χ1) is 8.76. The summed E-state index contributed by atoms with van der Waals surface area (Å²) in [5, 5.41) is 0.